The van der Waals surface area contributed by atoms with Gasteiger partial charge >= 0.3 is 0 Å². The summed E-state index contributed by atoms with van der Waals surface area (Å²) in [7, 11) is 0. The highest BCUT2D eigenvalue weighted by Crippen LogP contribution is 2.36. The van der Waals surface area contributed by atoms with Gasteiger partial charge in [0.25, 0.3) is 0 Å². The molecule has 1 fully saturated rings. The van der Waals surface area contributed by atoms with E-state index in [9.17, 15) is 4.39 Å². The highest BCUT2D eigenvalue weighted by molar-refractivity contribution is 5.90. The zero-order valence-electron chi connectivity index (χ0n) is 15.1. The lowest BCUT2D eigenvalue weighted by atomic mass is 10.1. The summed E-state index contributed by atoms with van der Waals surface area (Å²) in [6, 6.07) is 13.2. The number of aryl methyl sites for hydroxylation is 1. The van der Waals surface area contributed by atoms with Gasteiger partial charge in [-0.3, -0.25) is 0 Å². The molecule has 3 aromatic rings. The summed E-state index contributed by atoms with van der Waals surface area (Å²) in [4.78, 5) is 9.30. The Bertz CT molecular complexity index is 916. The van der Waals surface area contributed by atoms with Crippen molar-refractivity contribution in [1.82, 2.24) is 9.97 Å². The lowest BCUT2D eigenvalue weighted by Crippen LogP contribution is -2.22. The average molecular weight is 350 g/mol. The van der Waals surface area contributed by atoms with E-state index in [1.807, 2.05) is 37.3 Å². The standard InChI is InChI=1S/C21H23FN4/c1-3-18(14-8-9-14)24-20-17-6-4-5-7-19(17)25-21(26-20)23-16-11-13(2)10-15(22)12-16/h4-7,10-12,14,18H,3,8-9H2,1-2H3,(H2,23,24,25,26)/t18-/m1/s1. The fraction of sp³-hybridized carbons (Fsp3) is 0.333. The highest BCUT2D eigenvalue weighted by Gasteiger charge is 2.30. The smallest absolute Gasteiger partial charge is 0.229 e. The Morgan fingerprint density at radius 3 is 2.69 bits per heavy atom. The summed E-state index contributed by atoms with van der Waals surface area (Å²) in [5.41, 5.74) is 2.37. The van der Waals surface area contributed by atoms with Gasteiger partial charge in [-0.2, -0.15) is 4.98 Å². The zero-order chi connectivity index (χ0) is 18.1. The Morgan fingerprint density at radius 1 is 1.15 bits per heavy atom. The van der Waals surface area contributed by atoms with Crippen LogP contribution in [0.2, 0.25) is 0 Å². The van der Waals surface area contributed by atoms with Crippen molar-refractivity contribution < 1.29 is 4.39 Å². The van der Waals surface area contributed by atoms with Crippen molar-refractivity contribution in [3.63, 3.8) is 0 Å². The number of anilines is 3. The van der Waals surface area contributed by atoms with Gasteiger partial charge in [-0.25, -0.2) is 9.37 Å². The minimum Gasteiger partial charge on any atom is -0.366 e. The van der Waals surface area contributed by atoms with Crippen LogP contribution in [0.5, 0.6) is 0 Å². The van der Waals surface area contributed by atoms with Gasteiger partial charge in [0, 0.05) is 17.1 Å². The van der Waals surface area contributed by atoms with Crippen molar-refractivity contribution in [3.8, 4) is 0 Å². The third-order valence-electron chi connectivity index (χ3n) is 4.85. The van der Waals surface area contributed by atoms with Gasteiger partial charge in [-0.15, -0.1) is 0 Å². The third kappa shape index (κ3) is 3.62. The van der Waals surface area contributed by atoms with Gasteiger partial charge in [-0.1, -0.05) is 19.1 Å². The molecule has 4 rings (SSSR count). The number of benzene rings is 2. The largest absolute Gasteiger partial charge is 0.366 e. The Balaban J connectivity index is 1.70. The minimum absolute atomic E-state index is 0.272. The molecular weight excluding hydrogens is 327 g/mol. The number of hydrogen-bond donors (Lipinski definition) is 2. The van der Waals surface area contributed by atoms with E-state index in [1.54, 1.807) is 0 Å². The van der Waals surface area contributed by atoms with E-state index < -0.39 is 0 Å². The fourth-order valence-corrected chi connectivity index (χ4v) is 3.41. The molecule has 0 unspecified atom stereocenters. The van der Waals surface area contributed by atoms with Crippen LogP contribution < -0.4 is 10.6 Å². The van der Waals surface area contributed by atoms with Crippen LogP contribution in [0, 0.1) is 18.7 Å². The lowest BCUT2D eigenvalue weighted by molar-refractivity contribution is 0.615. The summed E-state index contributed by atoms with van der Waals surface area (Å²) in [6.07, 6.45) is 3.62. The molecule has 1 saturated carbocycles. The van der Waals surface area contributed by atoms with Crippen molar-refractivity contribution in [3.05, 3.63) is 53.8 Å². The molecule has 0 amide bonds. The maximum Gasteiger partial charge on any atom is 0.229 e. The SMILES string of the molecule is CC[C@@H](Nc1nc(Nc2cc(C)cc(F)c2)nc2ccccc12)C1CC1. The first-order valence-corrected chi connectivity index (χ1v) is 9.20. The van der Waals surface area contributed by atoms with Gasteiger partial charge in [0.15, 0.2) is 0 Å². The molecular formula is C21H23FN4. The normalized spacial score (nSPS) is 15.0. The molecule has 1 aliphatic rings. The maximum atomic E-state index is 13.7. The summed E-state index contributed by atoms with van der Waals surface area (Å²) < 4.78 is 13.7. The first-order chi connectivity index (χ1) is 12.6. The molecule has 4 nitrogen and oxygen atoms in total. The van der Waals surface area contributed by atoms with Crippen molar-refractivity contribution in [2.45, 2.75) is 39.2 Å². The third-order valence-corrected chi connectivity index (χ3v) is 4.85. The Labute approximate surface area is 152 Å². The molecule has 1 aliphatic carbocycles. The number of para-hydroxylation sites is 1. The van der Waals surface area contributed by atoms with Crippen molar-refractivity contribution >= 4 is 28.4 Å². The van der Waals surface area contributed by atoms with Gasteiger partial charge in [0.2, 0.25) is 5.95 Å². The summed E-state index contributed by atoms with van der Waals surface area (Å²) in [6.45, 7) is 4.07. The second-order valence-corrected chi connectivity index (χ2v) is 7.05. The van der Waals surface area contributed by atoms with E-state index in [0.29, 0.717) is 17.7 Å². The number of nitrogens with zero attached hydrogens (tertiary/aromatic N) is 2. The lowest BCUT2D eigenvalue weighted by Gasteiger charge is -2.19. The van der Waals surface area contributed by atoms with E-state index in [4.69, 9.17) is 4.98 Å². The minimum atomic E-state index is -0.272. The number of nitrogens with one attached hydrogen (secondary N) is 2. The molecule has 26 heavy (non-hydrogen) atoms. The Kier molecular flexibility index (Phi) is 4.45. The second-order valence-electron chi connectivity index (χ2n) is 7.05. The first-order valence-electron chi connectivity index (χ1n) is 9.20. The van der Waals surface area contributed by atoms with Crippen LogP contribution in [0.3, 0.4) is 0 Å². The molecule has 0 saturated heterocycles. The molecule has 1 atom stereocenters. The highest BCUT2D eigenvalue weighted by atomic mass is 19.1. The van der Waals surface area contributed by atoms with Gasteiger partial charge in [0.05, 0.1) is 5.52 Å². The Hall–Kier alpha value is -2.69. The number of fused-ring (bicyclic) bond motifs is 1. The Morgan fingerprint density at radius 2 is 1.96 bits per heavy atom. The molecule has 1 heterocycles. The first kappa shape index (κ1) is 16.8. The number of hydrogen-bond acceptors (Lipinski definition) is 4. The van der Waals surface area contributed by atoms with Crippen LogP contribution >= 0.6 is 0 Å². The van der Waals surface area contributed by atoms with Crippen LogP contribution in [-0.4, -0.2) is 16.0 Å². The van der Waals surface area contributed by atoms with E-state index >= 15 is 0 Å². The van der Waals surface area contributed by atoms with Crippen molar-refractivity contribution in [2.24, 2.45) is 5.92 Å². The van der Waals surface area contributed by atoms with E-state index in [-0.39, 0.29) is 5.82 Å². The van der Waals surface area contributed by atoms with Crippen LogP contribution in [-0.2, 0) is 0 Å². The van der Waals surface area contributed by atoms with Crippen molar-refractivity contribution in [1.29, 1.82) is 0 Å². The van der Waals surface area contributed by atoms with Gasteiger partial charge in [0.1, 0.15) is 11.6 Å². The van der Waals surface area contributed by atoms with Crippen LogP contribution in [0.15, 0.2) is 42.5 Å². The van der Waals surface area contributed by atoms with Crippen LogP contribution in [0.4, 0.5) is 21.8 Å². The summed E-state index contributed by atoms with van der Waals surface area (Å²) in [5.74, 6) is 1.77. The topological polar surface area (TPSA) is 49.8 Å². The predicted molar refractivity (Wildman–Crippen MR) is 104 cm³/mol. The zero-order valence-corrected chi connectivity index (χ0v) is 15.1. The quantitative estimate of drug-likeness (QED) is 0.623. The van der Waals surface area contributed by atoms with Crippen LogP contribution in [0.1, 0.15) is 31.7 Å². The average Bonchev–Trinajstić information content (AvgIpc) is 3.43. The summed E-state index contributed by atoms with van der Waals surface area (Å²) in [5, 5.41) is 7.78. The monoisotopic (exact) mass is 350 g/mol. The molecule has 0 radical (unpaired) electrons. The van der Waals surface area contributed by atoms with Gasteiger partial charge < -0.3 is 10.6 Å². The van der Waals surface area contributed by atoms with E-state index in [2.05, 4.69) is 22.5 Å². The van der Waals surface area contributed by atoms with E-state index in [1.165, 1.54) is 25.0 Å². The molecule has 134 valence electrons. The predicted octanol–water partition coefficient (Wildman–Crippen LogP) is 5.42. The van der Waals surface area contributed by atoms with Gasteiger partial charge in [-0.05, 0) is 68.0 Å². The number of aromatic nitrogens is 2. The molecule has 0 bridgehead atoms. The van der Waals surface area contributed by atoms with Crippen molar-refractivity contribution in [2.75, 3.05) is 10.6 Å². The van der Waals surface area contributed by atoms with Crippen LogP contribution in [0.25, 0.3) is 10.9 Å². The number of halogens is 1. The molecule has 2 N–H and O–H groups in total. The molecule has 0 spiro atoms. The molecule has 5 heteroatoms. The molecule has 1 aromatic heterocycles. The van der Waals surface area contributed by atoms with E-state index in [0.717, 1.165) is 34.6 Å². The second kappa shape index (κ2) is 6.90. The molecule has 2 aromatic carbocycles. The molecule has 0 aliphatic heterocycles. The fourth-order valence-electron chi connectivity index (χ4n) is 3.41. The summed E-state index contributed by atoms with van der Waals surface area (Å²) >= 11 is 0. The number of rotatable bonds is 6. The maximum absolute atomic E-state index is 13.7.